The number of aromatic nitrogens is 5. The molecule has 1 aliphatic rings. The van der Waals surface area contributed by atoms with Gasteiger partial charge in [-0.05, 0) is 52.2 Å². The Kier molecular flexibility index (Phi) is 5.86. The van der Waals surface area contributed by atoms with Crippen molar-refractivity contribution < 1.29 is 9.84 Å². The Bertz CT molecular complexity index is 1030. The molecular formula is C22H31N7O2. The van der Waals surface area contributed by atoms with E-state index in [-0.39, 0.29) is 0 Å². The molecule has 3 heterocycles. The van der Waals surface area contributed by atoms with Crippen LogP contribution >= 0.6 is 0 Å². The number of hydrogen-bond acceptors (Lipinski definition) is 7. The number of imidazole rings is 1. The molecule has 1 saturated heterocycles. The van der Waals surface area contributed by atoms with Crippen LogP contribution in [0.3, 0.4) is 0 Å². The fraction of sp³-hybridized carbons (Fsp3) is 0.500. The first-order valence-electron chi connectivity index (χ1n) is 10.7. The van der Waals surface area contributed by atoms with Crippen LogP contribution in [0.25, 0.3) is 5.69 Å². The first-order chi connectivity index (χ1) is 14.8. The van der Waals surface area contributed by atoms with Crippen molar-refractivity contribution in [3.63, 3.8) is 0 Å². The van der Waals surface area contributed by atoms with Gasteiger partial charge in [0.2, 0.25) is 11.9 Å². The Morgan fingerprint density at radius 2 is 1.97 bits per heavy atom. The second-order valence-electron chi connectivity index (χ2n) is 8.69. The standard InChI is InChI=1S/C22H31N7O2/c1-16-13-28(15-23-16)18-9-8-17(12-19(18)31-4)24-20-25-21(27-10-6-5-7-11-27)29(26-20)14-22(2,3)30/h8-9,12-13,15,30H,5-7,10-11,14H2,1-4H3,(H,24,26). The summed E-state index contributed by atoms with van der Waals surface area (Å²) in [5, 5.41) is 18.3. The molecule has 0 atom stereocenters. The first kappa shape index (κ1) is 21.2. The van der Waals surface area contributed by atoms with Gasteiger partial charge in [-0.15, -0.1) is 5.10 Å². The molecule has 0 aliphatic carbocycles. The average molecular weight is 426 g/mol. The van der Waals surface area contributed by atoms with Crippen molar-refractivity contribution in [3.8, 4) is 11.4 Å². The van der Waals surface area contributed by atoms with Crippen LogP contribution in [0.5, 0.6) is 5.75 Å². The molecule has 1 aliphatic heterocycles. The highest BCUT2D eigenvalue weighted by Crippen LogP contribution is 2.29. The Morgan fingerprint density at radius 3 is 2.61 bits per heavy atom. The molecule has 2 aromatic heterocycles. The Labute approximate surface area is 182 Å². The fourth-order valence-electron chi connectivity index (χ4n) is 3.84. The second-order valence-corrected chi connectivity index (χ2v) is 8.69. The third kappa shape index (κ3) is 4.99. The van der Waals surface area contributed by atoms with E-state index in [0.717, 1.165) is 54.7 Å². The van der Waals surface area contributed by atoms with Gasteiger partial charge in [0.1, 0.15) is 5.75 Å². The predicted octanol–water partition coefficient (Wildman–Crippen LogP) is 3.29. The number of aliphatic hydroxyl groups is 1. The maximum absolute atomic E-state index is 10.4. The second kappa shape index (κ2) is 8.58. The minimum Gasteiger partial charge on any atom is -0.494 e. The number of hydrogen-bond donors (Lipinski definition) is 2. The van der Waals surface area contributed by atoms with Crippen molar-refractivity contribution >= 4 is 17.6 Å². The SMILES string of the molecule is COc1cc(Nc2nc(N3CCCCC3)n(CC(C)(C)O)n2)ccc1-n1cnc(C)c1. The summed E-state index contributed by atoms with van der Waals surface area (Å²) in [4.78, 5) is 11.3. The largest absolute Gasteiger partial charge is 0.494 e. The van der Waals surface area contributed by atoms with Crippen molar-refractivity contribution in [1.82, 2.24) is 24.3 Å². The average Bonchev–Trinajstić information content (AvgIpc) is 3.33. The van der Waals surface area contributed by atoms with Crippen LogP contribution in [-0.2, 0) is 6.54 Å². The number of nitrogens with zero attached hydrogens (tertiary/aromatic N) is 6. The zero-order chi connectivity index (χ0) is 22.0. The monoisotopic (exact) mass is 425 g/mol. The number of anilines is 3. The maximum atomic E-state index is 10.4. The minimum atomic E-state index is -0.886. The van der Waals surface area contributed by atoms with Crippen LogP contribution in [0.2, 0.25) is 0 Å². The van der Waals surface area contributed by atoms with E-state index in [2.05, 4.69) is 20.3 Å². The zero-order valence-electron chi connectivity index (χ0n) is 18.7. The predicted molar refractivity (Wildman–Crippen MR) is 121 cm³/mol. The highest BCUT2D eigenvalue weighted by atomic mass is 16.5. The van der Waals surface area contributed by atoms with Crippen LogP contribution in [0.15, 0.2) is 30.7 Å². The summed E-state index contributed by atoms with van der Waals surface area (Å²) in [7, 11) is 1.65. The molecule has 166 valence electrons. The summed E-state index contributed by atoms with van der Waals surface area (Å²) in [6.45, 7) is 7.80. The highest BCUT2D eigenvalue weighted by Gasteiger charge is 2.23. The number of aryl methyl sites for hydroxylation is 1. The van der Waals surface area contributed by atoms with Crippen molar-refractivity contribution in [2.24, 2.45) is 0 Å². The third-order valence-corrected chi connectivity index (χ3v) is 5.25. The van der Waals surface area contributed by atoms with Crippen LogP contribution in [0.4, 0.5) is 17.6 Å². The van der Waals surface area contributed by atoms with E-state index in [0.29, 0.717) is 12.5 Å². The number of benzene rings is 1. The lowest BCUT2D eigenvalue weighted by Crippen LogP contribution is -2.34. The molecule has 1 fully saturated rings. The minimum absolute atomic E-state index is 0.371. The quantitative estimate of drug-likeness (QED) is 0.600. The topological polar surface area (TPSA) is 93.3 Å². The van der Waals surface area contributed by atoms with Gasteiger partial charge < -0.3 is 24.6 Å². The van der Waals surface area contributed by atoms with E-state index in [9.17, 15) is 5.11 Å². The van der Waals surface area contributed by atoms with Gasteiger partial charge in [0.15, 0.2) is 0 Å². The molecule has 9 nitrogen and oxygen atoms in total. The highest BCUT2D eigenvalue weighted by molar-refractivity contribution is 5.62. The van der Waals surface area contributed by atoms with Crippen molar-refractivity contribution in [2.75, 3.05) is 30.4 Å². The van der Waals surface area contributed by atoms with Gasteiger partial charge in [-0.3, -0.25) is 0 Å². The molecule has 0 saturated carbocycles. The molecule has 0 unspecified atom stereocenters. The first-order valence-corrected chi connectivity index (χ1v) is 10.7. The smallest absolute Gasteiger partial charge is 0.248 e. The molecule has 9 heteroatoms. The fourth-order valence-corrected chi connectivity index (χ4v) is 3.84. The summed E-state index contributed by atoms with van der Waals surface area (Å²) in [6, 6.07) is 5.86. The van der Waals surface area contributed by atoms with Gasteiger partial charge in [-0.1, -0.05) is 0 Å². The lowest BCUT2D eigenvalue weighted by atomic mass is 10.1. The molecule has 0 bridgehead atoms. The maximum Gasteiger partial charge on any atom is 0.248 e. The molecule has 4 rings (SSSR count). The lowest BCUT2D eigenvalue weighted by Gasteiger charge is -2.28. The van der Waals surface area contributed by atoms with Crippen LogP contribution < -0.4 is 15.0 Å². The number of rotatable bonds is 7. The molecule has 2 N–H and O–H groups in total. The summed E-state index contributed by atoms with van der Waals surface area (Å²) >= 11 is 0. The van der Waals surface area contributed by atoms with E-state index in [1.165, 1.54) is 6.42 Å². The summed E-state index contributed by atoms with van der Waals surface area (Å²) in [6.07, 6.45) is 7.25. The number of ether oxygens (including phenoxy) is 1. The van der Waals surface area contributed by atoms with E-state index in [1.807, 2.05) is 35.9 Å². The summed E-state index contributed by atoms with van der Waals surface area (Å²) in [5.74, 6) is 2.01. The van der Waals surface area contributed by atoms with Crippen LogP contribution in [0.1, 0.15) is 38.8 Å². The summed E-state index contributed by atoms with van der Waals surface area (Å²) < 4.78 is 9.33. The van der Waals surface area contributed by atoms with Gasteiger partial charge in [-0.25, -0.2) is 9.67 Å². The van der Waals surface area contributed by atoms with Crippen molar-refractivity contribution in [2.45, 2.75) is 52.2 Å². The van der Waals surface area contributed by atoms with Gasteiger partial charge in [0.05, 0.1) is 37.0 Å². The number of methoxy groups -OCH3 is 1. The van der Waals surface area contributed by atoms with Crippen LogP contribution in [-0.4, -0.2) is 55.2 Å². The Hall–Kier alpha value is -3.07. The Morgan fingerprint density at radius 1 is 1.19 bits per heavy atom. The van der Waals surface area contributed by atoms with Gasteiger partial charge >= 0.3 is 0 Å². The molecule has 3 aromatic rings. The van der Waals surface area contributed by atoms with E-state index in [4.69, 9.17) is 9.72 Å². The molecule has 0 radical (unpaired) electrons. The lowest BCUT2D eigenvalue weighted by molar-refractivity contribution is 0.0581. The van der Waals surface area contributed by atoms with Crippen molar-refractivity contribution in [3.05, 3.63) is 36.4 Å². The van der Waals surface area contributed by atoms with E-state index < -0.39 is 5.60 Å². The van der Waals surface area contributed by atoms with E-state index >= 15 is 0 Å². The number of nitrogens with one attached hydrogen (secondary N) is 1. The Balaban J connectivity index is 1.61. The molecule has 1 aromatic carbocycles. The molecular weight excluding hydrogens is 394 g/mol. The van der Waals surface area contributed by atoms with Crippen molar-refractivity contribution in [1.29, 1.82) is 0 Å². The van der Waals surface area contributed by atoms with Gasteiger partial charge in [0, 0.05) is 31.0 Å². The number of piperidine rings is 1. The van der Waals surface area contributed by atoms with E-state index in [1.54, 1.807) is 32.0 Å². The normalized spacial score (nSPS) is 14.7. The molecule has 0 spiro atoms. The van der Waals surface area contributed by atoms with Gasteiger partial charge in [-0.2, -0.15) is 4.98 Å². The molecule has 31 heavy (non-hydrogen) atoms. The van der Waals surface area contributed by atoms with Gasteiger partial charge in [0.25, 0.3) is 0 Å². The zero-order valence-corrected chi connectivity index (χ0v) is 18.7. The molecule has 0 amide bonds. The third-order valence-electron chi connectivity index (χ3n) is 5.25. The van der Waals surface area contributed by atoms with Crippen LogP contribution in [0, 0.1) is 6.92 Å². The summed E-state index contributed by atoms with van der Waals surface area (Å²) in [5.41, 5.74) is 1.78.